The zero-order chi connectivity index (χ0) is 17.6. The standard InChI is InChI=1S/C18H26N6O/c1-4-14-11-16(22-12-21-14)24-9-5-15(6-10-24)23-17-18(25-13(2)3)20-8-7-19-17/h7-8,11-13,15H,4-6,9-10H2,1-3H3,(H,19,23). The van der Waals surface area contributed by atoms with Crippen molar-refractivity contribution < 1.29 is 4.74 Å². The van der Waals surface area contributed by atoms with Crippen molar-refractivity contribution in [1.29, 1.82) is 0 Å². The molecule has 1 aliphatic heterocycles. The Bertz CT molecular complexity index is 685. The van der Waals surface area contributed by atoms with Crippen LogP contribution in [0.2, 0.25) is 0 Å². The Morgan fingerprint density at radius 2 is 1.92 bits per heavy atom. The van der Waals surface area contributed by atoms with Crippen molar-refractivity contribution in [2.75, 3.05) is 23.3 Å². The summed E-state index contributed by atoms with van der Waals surface area (Å²) in [7, 11) is 0. The first-order valence-electron chi connectivity index (χ1n) is 8.95. The summed E-state index contributed by atoms with van der Waals surface area (Å²) in [6.07, 6.45) is 8.05. The molecule has 2 aromatic heterocycles. The molecular weight excluding hydrogens is 316 g/mol. The zero-order valence-corrected chi connectivity index (χ0v) is 15.1. The normalized spacial score (nSPS) is 15.4. The van der Waals surface area contributed by atoms with Crippen molar-refractivity contribution in [3.8, 4) is 5.88 Å². The monoisotopic (exact) mass is 342 g/mol. The summed E-state index contributed by atoms with van der Waals surface area (Å²) in [5.74, 6) is 2.32. The summed E-state index contributed by atoms with van der Waals surface area (Å²) in [5.41, 5.74) is 1.08. The number of rotatable bonds is 6. The molecule has 0 bridgehead atoms. The molecule has 0 unspecified atom stereocenters. The third-order valence-corrected chi connectivity index (χ3v) is 4.24. The third kappa shape index (κ3) is 4.55. The molecule has 0 radical (unpaired) electrons. The molecule has 1 fully saturated rings. The lowest BCUT2D eigenvalue weighted by Gasteiger charge is -2.33. The van der Waals surface area contributed by atoms with Gasteiger partial charge in [0.15, 0.2) is 5.82 Å². The molecule has 0 saturated carbocycles. The highest BCUT2D eigenvalue weighted by atomic mass is 16.5. The van der Waals surface area contributed by atoms with Crippen molar-refractivity contribution in [2.24, 2.45) is 0 Å². The fourth-order valence-electron chi connectivity index (χ4n) is 2.93. The smallest absolute Gasteiger partial charge is 0.257 e. The average molecular weight is 342 g/mol. The average Bonchev–Trinajstić information content (AvgIpc) is 2.63. The minimum absolute atomic E-state index is 0.0737. The van der Waals surface area contributed by atoms with Gasteiger partial charge in [0.05, 0.1) is 6.10 Å². The van der Waals surface area contributed by atoms with Crippen molar-refractivity contribution in [3.63, 3.8) is 0 Å². The first-order valence-corrected chi connectivity index (χ1v) is 8.95. The van der Waals surface area contributed by atoms with Crippen molar-refractivity contribution in [1.82, 2.24) is 19.9 Å². The van der Waals surface area contributed by atoms with Gasteiger partial charge in [-0.15, -0.1) is 0 Å². The molecule has 2 aromatic rings. The Kier molecular flexibility index (Phi) is 5.63. The van der Waals surface area contributed by atoms with Crippen LogP contribution in [0.25, 0.3) is 0 Å². The van der Waals surface area contributed by atoms with Gasteiger partial charge in [0.25, 0.3) is 5.88 Å². The van der Waals surface area contributed by atoms with E-state index < -0.39 is 0 Å². The maximum absolute atomic E-state index is 5.74. The molecule has 7 heteroatoms. The molecule has 3 heterocycles. The number of ether oxygens (including phenoxy) is 1. The first kappa shape index (κ1) is 17.4. The van der Waals surface area contributed by atoms with Crippen LogP contribution in [0.15, 0.2) is 24.8 Å². The van der Waals surface area contributed by atoms with Gasteiger partial charge in [0.2, 0.25) is 0 Å². The van der Waals surface area contributed by atoms with E-state index in [1.54, 1.807) is 18.7 Å². The topological polar surface area (TPSA) is 76.1 Å². The zero-order valence-electron chi connectivity index (χ0n) is 15.1. The largest absolute Gasteiger partial charge is 0.472 e. The quantitative estimate of drug-likeness (QED) is 0.865. The van der Waals surface area contributed by atoms with E-state index in [0.717, 1.165) is 49.7 Å². The minimum atomic E-state index is 0.0737. The SMILES string of the molecule is CCc1cc(N2CCC(Nc3nccnc3OC(C)C)CC2)ncn1. The first-order chi connectivity index (χ1) is 12.2. The summed E-state index contributed by atoms with van der Waals surface area (Å²) in [5, 5.41) is 3.49. The van der Waals surface area contributed by atoms with Crippen LogP contribution >= 0.6 is 0 Å². The molecule has 0 aliphatic carbocycles. The second kappa shape index (κ2) is 8.09. The molecule has 134 valence electrons. The minimum Gasteiger partial charge on any atom is -0.472 e. The molecule has 3 rings (SSSR count). The van der Waals surface area contributed by atoms with Crippen LogP contribution in [-0.2, 0) is 6.42 Å². The molecule has 1 saturated heterocycles. The Morgan fingerprint density at radius 3 is 2.64 bits per heavy atom. The second-order valence-corrected chi connectivity index (χ2v) is 6.50. The lowest BCUT2D eigenvalue weighted by Crippen LogP contribution is -2.39. The van der Waals surface area contributed by atoms with Crippen molar-refractivity contribution in [3.05, 3.63) is 30.5 Å². The number of hydrogen-bond donors (Lipinski definition) is 1. The van der Waals surface area contributed by atoms with E-state index in [-0.39, 0.29) is 6.10 Å². The maximum Gasteiger partial charge on any atom is 0.257 e. The fraction of sp³-hybridized carbons (Fsp3) is 0.556. The van der Waals surface area contributed by atoms with Gasteiger partial charge in [-0.05, 0) is 33.1 Å². The van der Waals surface area contributed by atoms with E-state index in [1.165, 1.54) is 0 Å². The lowest BCUT2D eigenvalue weighted by atomic mass is 10.0. The highest BCUT2D eigenvalue weighted by Crippen LogP contribution is 2.24. The van der Waals surface area contributed by atoms with Gasteiger partial charge in [-0.3, -0.25) is 0 Å². The third-order valence-electron chi connectivity index (χ3n) is 4.24. The van der Waals surface area contributed by atoms with Crippen molar-refractivity contribution in [2.45, 2.75) is 52.2 Å². The number of nitrogens with one attached hydrogen (secondary N) is 1. The molecule has 1 N–H and O–H groups in total. The Balaban J connectivity index is 1.59. The van der Waals surface area contributed by atoms with Crippen LogP contribution in [0.4, 0.5) is 11.6 Å². The summed E-state index contributed by atoms with van der Waals surface area (Å²) < 4.78 is 5.74. The van der Waals surface area contributed by atoms with E-state index >= 15 is 0 Å². The van der Waals surface area contributed by atoms with Gasteiger partial charge in [-0.1, -0.05) is 6.92 Å². The molecular formula is C18H26N6O. The summed E-state index contributed by atoms with van der Waals surface area (Å²) in [6.45, 7) is 8.00. The summed E-state index contributed by atoms with van der Waals surface area (Å²) in [4.78, 5) is 19.7. The number of hydrogen-bond acceptors (Lipinski definition) is 7. The second-order valence-electron chi connectivity index (χ2n) is 6.50. The Labute approximate surface area is 148 Å². The van der Waals surface area contributed by atoms with Gasteiger partial charge in [-0.25, -0.2) is 19.9 Å². The highest BCUT2D eigenvalue weighted by Gasteiger charge is 2.22. The van der Waals surface area contributed by atoms with E-state index in [1.807, 2.05) is 13.8 Å². The molecule has 0 amide bonds. The van der Waals surface area contributed by atoms with Crippen molar-refractivity contribution >= 4 is 11.6 Å². The maximum atomic E-state index is 5.74. The van der Waals surface area contributed by atoms with Gasteiger partial charge >= 0.3 is 0 Å². The number of aryl methyl sites for hydroxylation is 1. The number of anilines is 2. The van der Waals surface area contributed by atoms with E-state index in [4.69, 9.17) is 4.74 Å². The van der Waals surface area contributed by atoms with Crippen LogP contribution in [0.5, 0.6) is 5.88 Å². The van der Waals surface area contributed by atoms with Gasteiger partial charge in [0.1, 0.15) is 12.1 Å². The van der Waals surface area contributed by atoms with E-state index in [0.29, 0.717) is 11.9 Å². The predicted octanol–water partition coefficient (Wildman–Crippen LogP) is 2.70. The number of aromatic nitrogens is 4. The molecule has 1 aliphatic rings. The number of nitrogens with zero attached hydrogens (tertiary/aromatic N) is 5. The fourth-order valence-corrected chi connectivity index (χ4v) is 2.93. The highest BCUT2D eigenvalue weighted by molar-refractivity contribution is 5.46. The van der Waals surface area contributed by atoms with E-state index in [9.17, 15) is 0 Å². The summed E-state index contributed by atoms with van der Waals surface area (Å²) >= 11 is 0. The Morgan fingerprint density at radius 1 is 1.16 bits per heavy atom. The number of piperidine rings is 1. The van der Waals surface area contributed by atoms with E-state index in [2.05, 4.69) is 43.1 Å². The molecule has 0 atom stereocenters. The van der Waals surface area contributed by atoms with Crippen LogP contribution in [0.3, 0.4) is 0 Å². The Hall–Kier alpha value is -2.44. The summed E-state index contributed by atoms with van der Waals surface area (Å²) in [6, 6.07) is 2.44. The molecule has 7 nitrogen and oxygen atoms in total. The van der Waals surface area contributed by atoms with Crippen LogP contribution in [-0.4, -0.2) is 45.2 Å². The lowest BCUT2D eigenvalue weighted by molar-refractivity contribution is 0.233. The van der Waals surface area contributed by atoms with Gasteiger partial charge < -0.3 is 15.0 Å². The predicted molar refractivity (Wildman–Crippen MR) is 98.1 cm³/mol. The van der Waals surface area contributed by atoms with Gasteiger partial charge in [-0.2, -0.15) is 0 Å². The van der Waals surface area contributed by atoms with Crippen LogP contribution in [0.1, 0.15) is 39.3 Å². The van der Waals surface area contributed by atoms with Gasteiger partial charge in [0, 0.05) is 43.3 Å². The van der Waals surface area contributed by atoms with Crippen LogP contribution in [0, 0.1) is 0 Å². The molecule has 0 aromatic carbocycles. The van der Waals surface area contributed by atoms with Crippen LogP contribution < -0.4 is 15.0 Å². The molecule has 25 heavy (non-hydrogen) atoms. The molecule has 0 spiro atoms.